The van der Waals surface area contributed by atoms with E-state index in [1.807, 2.05) is 0 Å². The molecule has 19 heavy (non-hydrogen) atoms. The molecule has 0 aromatic rings. The number of rotatable bonds is 7. The van der Waals surface area contributed by atoms with Crippen LogP contribution in [0.15, 0.2) is 0 Å². The summed E-state index contributed by atoms with van der Waals surface area (Å²) in [6.07, 6.45) is 7.80. The average Bonchev–Trinajstić information content (AvgIpc) is 2.86. The van der Waals surface area contributed by atoms with Crippen molar-refractivity contribution < 1.29 is 14.3 Å². The molecule has 2 aliphatic heterocycles. The van der Waals surface area contributed by atoms with Crippen molar-refractivity contribution >= 4 is 5.78 Å². The lowest BCUT2D eigenvalue weighted by atomic mass is 9.82. The minimum absolute atomic E-state index is 0.141. The van der Waals surface area contributed by atoms with Crippen molar-refractivity contribution in [3.05, 3.63) is 0 Å². The maximum atomic E-state index is 12.2. The van der Waals surface area contributed by atoms with Crippen LogP contribution in [0, 0.1) is 5.92 Å². The molecule has 2 atom stereocenters. The van der Waals surface area contributed by atoms with E-state index in [-0.39, 0.29) is 11.5 Å². The van der Waals surface area contributed by atoms with Crippen molar-refractivity contribution in [1.29, 1.82) is 0 Å². The number of carbonyl (C=O) groups is 1. The molecular weight excluding hydrogens is 242 g/mol. The number of unbranched alkanes of at least 4 members (excludes halogenated alkanes) is 3. The van der Waals surface area contributed by atoms with Gasteiger partial charge in [-0.1, -0.05) is 12.8 Å². The summed E-state index contributed by atoms with van der Waals surface area (Å²) in [6.45, 7) is 2.93. The van der Waals surface area contributed by atoms with Crippen LogP contribution in [0.4, 0.5) is 0 Å². The molecule has 4 heteroatoms. The Kier molecular flexibility index (Phi) is 5.79. The molecule has 2 rings (SSSR count). The third kappa shape index (κ3) is 4.26. The van der Waals surface area contributed by atoms with Gasteiger partial charge in [0.15, 0.2) is 0 Å². The van der Waals surface area contributed by atoms with Crippen molar-refractivity contribution in [2.45, 2.75) is 57.0 Å². The van der Waals surface area contributed by atoms with E-state index in [4.69, 9.17) is 15.2 Å². The average molecular weight is 269 g/mol. The van der Waals surface area contributed by atoms with Gasteiger partial charge in [0.1, 0.15) is 5.78 Å². The lowest BCUT2D eigenvalue weighted by Gasteiger charge is -2.36. The van der Waals surface area contributed by atoms with E-state index < -0.39 is 0 Å². The fourth-order valence-electron chi connectivity index (χ4n) is 3.17. The van der Waals surface area contributed by atoms with Gasteiger partial charge >= 0.3 is 0 Å². The first kappa shape index (κ1) is 14.9. The van der Waals surface area contributed by atoms with Crippen LogP contribution in [0.2, 0.25) is 0 Å². The maximum Gasteiger partial charge on any atom is 0.136 e. The largest absolute Gasteiger partial charge is 0.378 e. The first-order chi connectivity index (χ1) is 9.26. The minimum atomic E-state index is -0.141. The molecule has 2 heterocycles. The molecule has 2 saturated heterocycles. The summed E-state index contributed by atoms with van der Waals surface area (Å²) in [5, 5.41) is 0. The Labute approximate surface area is 116 Å². The van der Waals surface area contributed by atoms with E-state index in [0.717, 1.165) is 64.5 Å². The lowest BCUT2D eigenvalue weighted by Crippen LogP contribution is -2.42. The van der Waals surface area contributed by atoms with E-state index in [1.54, 1.807) is 0 Å². The number of Topliss-reactive ketones (excluding diaryl/α,β-unsaturated/α-hetero) is 1. The monoisotopic (exact) mass is 269 g/mol. The molecule has 2 N–H and O–H groups in total. The summed E-state index contributed by atoms with van der Waals surface area (Å²) in [5.74, 6) is 0.632. The van der Waals surface area contributed by atoms with Gasteiger partial charge in [-0.2, -0.15) is 0 Å². The molecule has 0 saturated carbocycles. The van der Waals surface area contributed by atoms with E-state index in [0.29, 0.717) is 19.0 Å². The van der Waals surface area contributed by atoms with Crippen LogP contribution in [0.3, 0.4) is 0 Å². The Hall–Kier alpha value is -0.450. The topological polar surface area (TPSA) is 61.6 Å². The number of nitrogens with two attached hydrogens (primary N) is 1. The van der Waals surface area contributed by atoms with Crippen molar-refractivity contribution in [2.75, 3.05) is 26.4 Å². The molecule has 0 bridgehead atoms. The van der Waals surface area contributed by atoms with E-state index >= 15 is 0 Å². The smallest absolute Gasteiger partial charge is 0.136 e. The molecule has 2 unspecified atom stereocenters. The summed E-state index contributed by atoms with van der Waals surface area (Å²) in [7, 11) is 0. The number of carbonyl (C=O) groups excluding carboxylic acids is 1. The van der Waals surface area contributed by atoms with Gasteiger partial charge in [0.2, 0.25) is 0 Å². The van der Waals surface area contributed by atoms with Gasteiger partial charge in [0.25, 0.3) is 0 Å². The zero-order valence-corrected chi connectivity index (χ0v) is 11.9. The summed E-state index contributed by atoms with van der Waals surface area (Å²) in [5.41, 5.74) is 5.32. The molecule has 0 radical (unpaired) electrons. The van der Waals surface area contributed by atoms with Crippen molar-refractivity contribution in [1.82, 2.24) is 0 Å². The third-order valence-electron chi connectivity index (χ3n) is 4.39. The molecule has 110 valence electrons. The number of hydrogen-bond acceptors (Lipinski definition) is 4. The second kappa shape index (κ2) is 7.36. The van der Waals surface area contributed by atoms with Crippen LogP contribution >= 0.6 is 0 Å². The molecule has 2 aliphatic rings. The number of ether oxygens (including phenoxy) is 2. The van der Waals surface area contributed by atoms with Crippen molar-refractivity contribution in [2.24, 2.45) is 11.7 Å². The van der Waals surface area contributed by atoms with Crippen LogP contribution in [0.5, 0.6) is 0 Å². The van der Waals surface area contributed by atoms with E-state index in [2.05, 4.69) is 0 Å². The highest BCUT2D eigenvalue weighted by Gasteiger charge is 2.42. The van der Waals surface area contributed by atoms with Crippen LogP contribution in [-0.4, -0.2) is 37.7 Å². The van der Waals surface area contributed by atoms with Gasteiger partial charge in [-0.05, 0) is 32.2 Å². The molecule has 0 aromatic carbocycles. The van der Waals surface area contributed by atoms with Gasteiger partial charge < -0.3 is 15.2 Å². The summed E-state index contributed by atoms with van der Waals surface area (Å²) < 4.78 is 11.3. The van der Waals surface area contributed by atoms with Gasteiger partial charge in [-0.3, -0.25) is 4.79 Å². The fraction of sp³-hybridized carbons (Fsp3) is 0.933. The molecule has 0 aliphatic carbocycles. The summed E-state index contributed by atoms with van der Waals surface area (Å²) in [6, 6.07) is 0. The first-order valence-electron chi connectivity index (χ1n) is 7.70. The Morgan fingerprint density at radius 2 is 2.05 bits per heavy atom. The molecular formula is C15H27NO3. The first-order valence-corrected chi connectivity index (χ1v) is 7.70. The Morgan fingerprint density at radius 1 is 1.21 bits per heavy atom. The zero-order valence-electron chi connectivity index (χ0n) is 11.9. The quantitative estimate of drug-likeness (QED) is 0.719. The second-order valence-electron chi connectivity index (χ2n) is 5.94. The highest BCUT2D eigenvalue weighted by atomic mass is 16.6. The highest BCUT2D eigenvalue weighted by Crippen LogP contribution is 2.36. The standard InChI is InChI=1S/C15H27NO3/c16-8-4-2-1-3-5-14(17)13-6-9-19-15(11-13)7-10-18-12-15/h13H,1-12,16H2. The highest BCUT2D eigenvalue weighted by molar-refractivity contribution is 5.81. The Morgan fingerprint density at radius 3 is 2.79 bits per heavy atom. The summed E-state index contributed by atoms with van der Waals surface area (Å²) >= 11 is 0. The Bertz CT molecular complexity index is 287. The molecule has 4 nitrogen and oxygen atoms in total. The predicted octanol–water partition coefficient (Wildman–Crippen LogP) is 2.05. The second-order valence-corrected chi connectivity index (χ2v) is 5.94. The minimum Gasteiger partial charge on any atom is -0.378 e. The molecule has 0 amide bonds. The van der Waals surface area contributed by atoms with Gasteiger partial charge in [0, 0.05) is 32.0 Å². The van der Waals surface area contributed by atoms with Crippen LogP contribution in [-0.2, 0) is 14.3 Å². The van der Waals surface area contributed by atoms with E-state index in [1.165, 1.54) is 0 Å². The van der Waals surface area contributed by atoms with Gasteiger partial charge in [-0.25, -0.2) is 0 Å². The normalized spacial score (nSPS) is 30.9. The maximum absolute atomic E-state index is 12.2. The number of ketones is 1. The van der Waals surface area contributed by atoms with Crippen LogP contribution in [0.1, 0.15) is 51.4 Å². The summed E-state index contributed by atoms with van der Waals surface area (Å²) in [4.78, 5) is 12.2. The van der Waals surface area contributed by atoms with E-state index in [9.17, 15) is 4.79 Å². The van der Waals surface area contributed by atoms with Crippen molar-refractivity contribution in [3.8, 4) is 0 Å². The molecule has 1 spiro atoms. The van der Waals surface area contributed by atoms with Gasteiger partial charge in [0.05, 0.1) is 12.2 Å². The third-order valence-corrected chi connectivity index (χ3v) is 4.39. The SMILES string of the molecule is NCCCCCCC(=O)C1CCOC2(CCOC2)C1. The predicted molar refractivity (Wildman–Crippen MR) is 74.0 cm³/mol. The van der Waals surface area contributed by atoms with Crippen LogP contribution < -0.4 is 5.73 Å². The van der Waals surface area contributed by atoms with Gasteiger partial charge in [-0.15, -0.1) is 0 Å². The molecule has 2 fully saturated rings. The zero-order chi connectivity index (χ0) is 13.6. The molecule has 0 aromatic heterocycles. The van der Waals surface area contributed by atoms with Crippen molar-refractivity contribution in [3.63, 3.8) is 0 Å². The van der Waals surface area contributed by atoms with Crippen LogP contribution in [0.25, 0.3) is 0 Å². The number of hydrogen-bond donors (Lipinski definition) is 1. The Balaban J connectivity index is 1.70. The lowest BCUT2D eigenvalue weighted by molar-refractivity contribution is -0.137. The fourth-order valence-corrected chi connectivity index (χ4v) is 3.17.